The summed E-state index contributed by atoms with van der Waals surface area (Å²) in [5.41, 5.74) is 3.37. The van der Waals surface area contributed by atoms with Crippen molar-refractivity contribution in [1.82, 2.24) is 9.88 Å². The highest BCUT2D eigenvalue weighted by atomic mass is 32.1. The minimum absolute atomic E-state index is 0.103. The second-order valence-corrected chi connectivity index (χ2v) is 11.8. The number of nitrogens with zero attached hydrogens (tertiary/aromatic N) is 2. The van der Waals surface area contributed by atoms with Crippen LogP contribution in [0.3, 0.4) is 0 Å². The Labute approximate surface area is 209 Å². The van der Waals surface area contributed by atoms with Crippen LogP contribution >= 0.6 is 22.7 Å². The molecule has 0 saturated carbocycles. The summed E-state index contributed by atoms with van der Waals surface area (Å²) in [6.45, 7) is 11.2. The van der Waals surface area contributed by atoms with Gasteiger partial charge in [-0.2, -0.15) is 0 Å². The van der Waals surface area contributed by atoms with Gasteiger partial charge in [-0.05, 0) is 38.2 Å². The third-order valence-electron chi connectivity index (χ3n) is 6.96. The van der Waals surface area contributed by atoms with E-state index < -0.39 is 0 Å². The number of carbonyl (C=O) groups is 1. The van der Waals surface area contributed by atoms with Gasteiger partial charge in [-0.3, -0.25) is 9.69 Å². The van der Waals surface area contributed by atoms with Crippen molar-refractivity contribution in [1.29, 1.82) is 0 Å². The average Bonchev–Trinajstić information content (AvgIpc) is 3.51. The number of aromatic nitrogens is 1. The van der Waals surface area contributed by atoms with Crippen molar-refractivity contribution in [2.45, 2.75) is 72.4 Å². The molecule has 2 aliphatic heterocycles. The van der Waals surface area contributed by atoms with Crippen LogP contribution in [0.2, 0.25) is 0 Å². The van der Waals surface area contributed by atoms with E-state index in [4.69, 9.17) is 14.5 Å². The lowest BCUT2D eigenvalue weighted by molar-refractivity contribution is -0.116. The van der Waals surface area contributed by atoms with Gasteiger partial charge in [0.2, 0.25) is 12.7 Å². The molecule has 2 aliphatic rings. The number of thiophene rings is 1. The Bertz CT molecular complexity index is 1160. The summed E-state index contributed by atoms with van der Waals surface area (Å²) in [5, 5.41) is 5.18. The van der Waals surface area contributed by atoms with Crippen LogP contribution in [0.4, 0.5) is 5.00 Å². The van der Waals surface area contributed by atoms with Gasteiger partial charge in [-0.25, -0.2) is 4.98 Å². The van der Waals surface area contributed by atoms with Crippen molar-refractivity contribution in [3.63, 3.8) is 0 Å². The molecular weight excluding hydrogens is 466 g/mol. The molecule has 4 heterocycles. The number of anilines is 1. The van der Waals surface area contributed by atoms with E-state index in [1.54, 1.807) is 22.7 Å². The van der Waals surface area contributed by atoms with E-state index >= 15 is 0 Å². The smallest absolute Gasteiger partial charge is 0.231 e. The van der Waals surface area contributed by atoms with Gasteiger partial charge in [0.1, 0.15) is 10.0 Å². The lowest BCUT2D eigenvalue weighted by Crippen LogP contribution is -2.35. The van der Waals surface area contributed by atoms with Gasteiger partial charge in [0, 0.05) is 48.1 Å². The normalized spacial score (nSPS) is 16.3. The lowest BCUT2D eigenvalue weighted by atomic mass is 10.0. The first-order valence-electron chi connectivity index (χ1n) is 12.3. The third-order valence-corrected chi connectivity index (χ3v) is 9.13. The van der Waals surface area contributed by atoms with Gasteiger partial charge in [0.15, 0.2) is 11.5 Å². The van der Waals surface area contributed by atoms with Gasteiger partial charge in [-0.1, -0.05) is 26.7 Å². The van der Waals surface area contributed by atoms with E-state index in [-0.39, 0.29) is 12.7 Å². The number of carbonyl (C=O) groups excluding carboxylic acids is 1. The first kappa shape index (κ1) is 23.6. The summed E-state index contributed by atoms with van der Waals surface area (Å²) in [4.78, 5) is 21.7. The standard InChI is InChI=1S/C26H33N3O3S2/c1-5-16(4)7-6-8-23(30)28-26-24(17-9-10-29(15(2)3)13-22(17)34-26)25-27-18-11-19-20(32-14-31-19)12-21(18)33-25/h11-12,15-16H,5-10,13-14H2,1-4H3,(H,28,30). The molecule has 0 fully saturated rings. The van der Waals surface area contributed by atoms with E-state index in [9.17, 15) is 4.79 Å². The van der Waals surface area contributed by atoms with Crippen molar-refractivity contribution < 1.29 is 14.3 Å². The molecule has 182 valence electrons. The highest BCUT2D eigenvalue weighted by Gasteiger charge is 2.29. The maximum atomic E-state index is 12.9. The minimum atomic E-state index is 0.103. The fraction of sp³-hybridized carbons (Fsp3) is 0.538. The molecule has 0 saturated heterocycles. The molecule has 0 radical (unpaired) electrons. The summed E-state index contributed by atoms with van der Waals surface area (Å²) in [7, 11) is 0. The number of rotatable bonds is 8. The van der Waals surface area contributed by atoms with Crippen molar-refractivity contribution in [3.05, 3.63) is 22.6 Å². The van der Waals surface area contributed by atoms with E-state index in [0.29, 0.717) is 18.4 Å². The van der Waals surface area contributed by atoms with Crippen LogP contribution < -0.4 is 14.8 Å². The highest BCUT2D eigenvalue weighted by Crippen LogP contribution is 2.47. The molecule has 34 heavy (non-hydrogen) atoms. The fourth-order valence-corrected chi connectivity index (χ4v) is 7.02. The maximum Gasteiger partial charge on any atom is 0.231 e. The lowest BCUT2D eigenvalue weighted by Gasteiger charge is -2.30. The Hall–Kier alpha value is -2.16. The van der Waals surface area contributed by atoms with Gasteiger partial charge in [0.25, 0.3) is 0 Å². The number of fused-ring (bicyclic) bond motifs is 3. The van der Waals surface area contributed by atoms with Gasteiger partial charge in [-0.15, -0.1) is 22.7 Å². The number of hydrogen-bond donors (Lipinski definition) is 1. The third kappa shape index (κ3) is 4.68. The zero-order valence-electron chi connectivity index (χ0n) is 20.4. The van der Waals surface area contributed by atoms with E-state index in [1.807, 2.05) is 12.1 Å². The zero-order chi connectivity index (χ0) is 23.8. The molecule has 1 atom stereocenters. The summed E-state index contributed by atoms with van der Waals surface area (Å²) in [6, 6.07) is 4.48. The molecule has 0 aliphatic carbocycles. The number of nitrogens with one attached hydrogen (secondary N) is 1. The summed E-state index contributed by atoms with van der Waals surface area (Å²) in [5.74, 6) is 2.29. The Morgan fingerprint density at radius 3 is 2.76 bits per heavy atom. The van der Waals surface area contributed by atoms with E-state index in [0.717, 1.165) is 76.1 Å². The minimum Gasteiger partial charge on any atom is -0.454 e. The average molecular weight is 500 g/mol. The Morgan fingerprint density at radius 2 is 2.00 bits per heavy atom. The van der Waals surface area contributed by atoms with E-state index in [2.05, 4.69) is 37.9 Å². The van der Waals surface area contributed by atoms with Crippen molar-refractivity contribution in [2.75, 3.05) is 18.7 Å². The van der Waals surface area contributed by atoms with Crippen LogP contribution in [-0.2, 0) is 17.8 Å². The first-order valence-corrected chi connectivity index (χ1v) is 13.9. The molecule has 1 aromatic carbocycles. The number of hydrogen-bond acceptors (Lipinski definition) is 7. The van der Waals surface area contributed by atoms with Crippen LogP contribution in [0.5, 0.6) is 11.5 Å². The van der Waals surface area contributed by atoms with Crippen LogP contribution in [-0.4, -0.2) is 35.2 Å². The van der Waals surface area contributed by atoms with Gasteiger partial charge < -0.3 is 14.8 Å². The number of ether oxygens (including phenoxy) is 2. The molecule has 6 nitrogen and oxygen atoms in total. The molecule has 0 bridgehead atoms. The summed E-state index contributed by atoms with van der Waals surface area (Å²) in [6.07, 6.45) is 4.71. The number of amides is 1. The largest absolute Gasteiger partial charge is 0.454 e. The summed E-state index contributed by atoms with van der Waals surface area (Å²) >= 11 is 3.39. The molecular formula is C26H33N3O3S2. The summed E-state index contributed by atoms with van der Waals surface area (Å²) < 4.78 is 12.2. The van der Waals surface area contributed by atoms with E-state index in [1.165, 1.54) is 10.4 Å². The Morgan fingerprint density at radius 1 is 1.21 bits per heavy atom. The van der Waals surface area contributed by atoms with Crippen LogP contribution in [0.25, 0.3) is 20.8 Å². The highest BCUT2D eigenvalue weighted by molar-refractivity contribution is 7.23. The second-order valence-electron chi connectivity index (χ2n) is 9.67. The Balaban J connectivity index is 1.46. The monoisotopic (exact) mass is 499 g/mol. The quantitative estimate of drug-likeness (QED) is 0.375. The molecule has 5 rings (SSSR count). The van der Waals surface area contributed by atoms with Crippen molar-refractivity contribution in [2.24, 2.45) is 5.92 Å². The van der Waals surface area contributed by atoms with Crippen LogP contribution in [0.1, 0.15) is 63.8 Å². The molecule has 0 spiro atoms. The predicted molar refractivity (Wildman–Crippen MR) is 140 cm³/mol. The van der Waals surface area contributed by atoms with Gasteiger partial charge in [0.05, 0.1) is 10.2 Å². The first-order chi connectivity index (χ1) is 16.4. The predicted octanol–water partition coefficient (Wildman–Crippen LogP) is 6.67. The molecule has 3 aromatic rings. The topological polar surface area (TPSA) is 63.7 Å². The van der Waals surface area contributed by atoms with Crippen molar-refractivity contribution in [3.8, 4) is 22.1 Å². The molecule has 1 amide bonds. The zero-order valence-corrected chi connectivity index (χ0v) is 22.0. The maximum absolute atomic E-state index is 12.9. The molecule has 2 aromatic heterocycles. The molecule has 1 unspecified atom stereocenters. The Kier molecular flexibility index (Phi) is 6.82. The van der Waals surface area contributed by atoms with Crippen LogP contribution in [0.15, 0.2) is 12.1 Å². The SMILES string of the molecule is CCC(C)CCCC(=O)Nc1sc2c(c1-c1nc3cc4c(cc3s1)OCO4)CCN(C(C)C)C2. The molecule has 8 heteroatoms. The number of thiazole rings is 1. The fourth-order valence-electron chi connectivity index (χ4n) is 4.61. The van der Waals surface area contributed by atoms with Crippen LogP contribution in [0, 0.1) is 5.92 Å². The second kappa shape index (κ2) is 9.84. The molecule has 1 N–H and O–H groups in total. The number of benzene rings is 1. The van der Waals surface area contributed by atoms with Crippen molar-refractivity contribution >= 4 is 43.8 Å². The van der Waals surface area contributed by atoms with Gasteiger partial charge >= 0.3 is 0 Å².